The van der Waals surface area contributed by atoms with E-state index in [0.29, 0.717) is 70.8 Å². The van der Waals surface area contributed by atoms with E-state index in [9.17, 15) is 32.7 Å². The maximum atomic E-state index is 13.9. The topological polar surface area (TPSA) is 258 Å². The fraction of sp³-hybridized carbons (Fsp3) is 0.456. The third kappa shape index (κ3) is 16.8. The number of fused-ring (bicyclic) bond motifs is 1. The predicted octanol–water partition coefficient (Wildman–Crippen LogP) is 4.52. The molecular weight excluding hydrogens is 1080 g/mol. The molecule has 434 valence electrons. The fourth-order valence-electron chi connectivity index (χ4n) is 9.32. The number of ether oxygens (including phenoxy) is 5. The maximum Gasteiger partial charge on any atom is 0.248 e. The Morgan fingerprint density at radius 1 is 0.778 bits per heavy atom. The molecule has 4 N–H and O–H groups in total. The summed E-state index contributed by atoms with van der Waals surface area (Å²) in [6.07, 6.45) is 0.385. The average Bonchev–Trinajstić information content (AvgIpc) is 4.20. The van der Waals surface area contributed by atoms with Crippen LogP contribution in [0.1, 0.15) is 38.4 Å². The molecule has 3 aromatic heterocycles. The SMILES string of the molecule is Cc1ncsc1-c1ccc(CNC(=O)[C@@H]2C[C@@H](O)CN2C(=O)[C@@H](NC(=O)COCCOCCOCCOCCOCC(=O)N2CCN(c3ccc(Nc4nc5cccc(-c6ccc(S(C)(=O)=O)cc6)n5n4)cc3)CC2)C(C)(C)C)cc1. The maximum absolute atomic E-state index is 13.9. The summed E-state index contributed by atoms with van der Waals surface area (Å²) < 4.78 is 53.4. The van der Waals surface area contributed by atoms with Crippen LogP contribution in [0, 0.1) is 12.3 Å². The van der Waals surface area contributed by atoms with Crippen LogP contribution in [0.15, 0.2) is 101 Å². The van der Waals surface area contributed by atoms with E-state index in [1.807, 2.05) is 94.4 Å². The molecule has 0 spiro atoms. The first-order valence-corrected chi connectivity index (χ1v) is 29.7. The van der Waals surface area contributed by atoms with Crippen molar-refractivity contribution in [3.05, 3.63) is 108 Å². The summed E-state index contributed by atoms with van der Waals surface area (Å²) >= 11 is 1.57. The third-order valence-electron chi connectivity index (χ3n) is 13.7. The number of aromatic nitrogens is 4. The van der Waals surface area contributed by atoms with Gasteiger partial charge in [-0.1, -0.05) is 63.2 Å². The number of nitrogens with zero attached hydrogens (tertiary/aromatic N) is 7. The summed E-state index contributed by atoms with van der Waals surface area (Å²) in [6.45, 7) is 12.0. The van der Waals surface area contributed by atoms with Gasteiger partial charge in [0.2, 0.25) is 29.6 Å². The molecule has 0 aliphatic carbocycles. The number of hydrogen-bond donors (Lipinski definition) is 4. The van der Waals surface area contributed by atoms with Crippen LogP contribution in [-0.2, 0) is 59.2 Å². The van der Waals surface area contributed by atoms with Gasteiger partial charge in [-0.15, -0.1) is 16.4 Å². The number of carbonyl (C=O) groups is 4. The van der Waals surface area contributed by atoms with Crippen LogP contribution in [0.25, 0.3) is 27.3 Å². The molecule has 4 amide bonds. The minimum absolute atomic E-state index is 0.0275. The quantitative estimate of drug-likeness (QED) is 0.0517. The number of aliphatic hydroxyl groups excluding tert-OH is 1. The van der Waals surface area contributed by atoms with Crippen molar-refractivity contribution in [3.63, 3.8) is 0 Å². The number of amides is 4. The minimum Gasteiger partial charge on any atom is -0.391 e. The summed E-state index contributed by atoms with van der Waals surface area (Å²) in [6, 6.07) is 26.2. The molecule has 2 aliphatic rings. The second-order valence-electron chi connectivity index (χ2n) is 20.8. The van der Waals surface area contributed by atoms with Gasteiger partial charge in [0.1, 0.15) is 25.3 Å². The Morgan fingerprint density at radius 2 is 1.40 bits per heavy atom. The lowest BCUT2D eigenvalue weighted by Gasteiger charge is -2.36. The molecule has 8 rings (SSSR count). The first kappa shape index (κ1) is 60.2. The van der Waals surface area contributed by atoms with Crippen molar-refractivity contribution in [1.29, 1.82) is 0 Å². The highest BCUT2D eigenvalue weighted by molar-refractivity contribution is 7.90. The van der Waals surface area contributed by atoms with Crippen molar-refractivity contribution in [2.24, 2.45) is 5.41 Å². The highest BCUT2D eigenvalue weighted by atomic mass is 32.2. The fourth-order valence-corrected chi connectivity index (χ4v) is 10.8. The van der Waals surface area contributed by atoms with Gasteiger partial charge in [0.05, 0.1) is 85.6 Å². The number of aliphatic hydroxyl groups is 1. The molecule has 22 nitrogen and oxygen atoms in total. The van der Waals surface area contributed by atoms with Crippen molar-refractivity contribution in [2.45, 2.75) is 63.7 Å². The van der Waals surface area contributed by atoms with Gasteiger partial charge in [0.25, 0.3) is 0 Å². The molecule has 0 unspecified atom stereocenters. The third-order valence-corrected chi connectivity index (χ3v) is 15.8. The molecule has 5 heterocycles. The number of thiazole rings is 1. The molecule has 2 fully saturated rings. The van der Waals surface area contributed by atoms with Gasteiger partial charge in [-0.2, -0.15) is 4.98 Å². The Bertz CT molecular complexity index is 3160. The molecule has 0 saturated carbocycles. The summed E-state index contributed by atoms with van der Waals surface area (Å²) in [4.78, 5) is 68.9. The van der Waals surface area contributed by atoms with Gasteiger partial charge < -0.3 is 59.4 Å². The van der Waals surface area contributed by atoms with Gasteiger partial charge in [0, 0.05) is 68.9 Å². The largest absolute Gasteiger partial charge is 0.391 e. The number of β-amino-alcohol motifs (C(OH)–C–C–N with tert-alkyl or cyclic N) is 1. The average molecular weight is 1150 g/mol. The van der Waals surface area contributed by atoms with Crippen LogP contribution in [0.2, 0.25) is 0 Å². The first-order valence-electron chi connectivity index (χ1n) is 26.9. The second kappa shape index (κ2) is 28.2. The highest BCUT2D eigenvalue weighted by Crippen LogP contribution is 2.30. The van der Waals surface area contributed by atoms with Crippen LogP contribution in [0.4, 0.5) is 17.3 Å². The van der Waals surface area contributed by atoms with E-state index in [1.165, 1.54) is 11.2 Å². The summed E-state index contributed by atoms with van der Waals surface area (Å²) in [7, 11) is -3.31. The molecule has 0 radical (unpaired) electrons. The number of anilines is 3. The van der Waals surface area contributed by atoms with E-state index in [2.05, 4.69) is 35.9 Å². The molecule has 3 aromatic carbocycles. The van der Waals surface area contributed by atoms with Gasteiger partial charge in [-0.25, -0.2) is 17.9 Å². The molecule has 6 aromatic rings. The van der Waals surface area contributed by atoms with E-state index in [0.717, 1.165) is 44.3 Å². The van der Waals surface area contributed by atoms with E-state index in [1.54, 1.807) is 50.5 Å². The minimum atomic E-state index is -3.31. The molecule has 0 bridgehead atoms. The number of sulfone groups is 1. The summed E-state index contributed by atoms with van der Waals surface area (Å²) in [5, 5.41) is 24.2. The van der Waals surface area contributed by atoms with E-state index in [-0.39, 0.29) is 69.3 Å². The lowest BCUT2D eigenvalue weighted by molar-refractivity contribution is -0.144. The van der Waals surface area contributed by atoms with Crippen LogP contribution in [0.5, 0.6) is 0 Å². The van der Waals surface area contributed by atoms with Gasteiger partial charge in [-0.05, 0) is 72.0 Å². The smallest absolute Gasteiger partial charge is 0.248 e. The molecular formula is C57H72N10O12S2. The number of hydrogen-bond acceptors (Lipinski definition) is 18. The van der Waals surface area contributed by atoms with Crippen molar-refractivity contribution in [3.8, 4) is 21.7 Å². The number of pyridine rings is 1. The lowest BCUT2D eigenvalue weighted by Crippen LogP contribution is -2.58. The van der Waals surface area contributed by atoms with Crippen molar-refractivity contribution in [1.82, 2.24) is 40.0 Å². The standard InChI is InChI=1S/C57H72N10O12S2/c1-39-52(80-38-59-39)42-11-9-40(10-12-42)34-58-54(71)48-33-45(68)35-66(48)55(72)53(57(2,3)4)62-50(69)36-78-31-29-76-27-25-75-26-28-77-30-32-79-37-51(70)65-23-21-64(22-24-65)44-17-15-43(16-18-44)60-56-61-49-8-6-7-47(67(49)63-56)41-13-19-46(20-14-41)81(5,73)74/h6-20,38,45,48,53,68H,21-37H2,1-5H3,(H,58,71)(H,60,63)(H,62,69)/t45-,48+,53-/m1/s1. The highest BCUT2D eigenvalue weighted by Gasteiger charge is 2.44. The Kier molecular flexibility index (Phi) is 21.0. The van der Waals surface area contributed by atoms with Crippen molar-refractivity contribution < 1.29 is 56.4 Å². The normalized spacial score (nSPS) is 16.2. The zero-order valence-electron chi connectivity index (χ0n) is 46.4. The Labute approximate surface area is 476 Å². The Hall–Kier alpha value is -6.90. The van der Waals surface area contributed by atoms with Crippen molar-refractivity contribution in [2.75, 3.05) is 115 Å². The number of aryl methyl sites for hydroxylation is 1. The van der Waals surface area contributed by atoms with E-state index < -0.39 is 45.3 Å². The van der Waals surface area contributed by atoms with Crippen molar-refractivity contribution >= 4 is 67.8 Å². The number of rotatable bonds is 27. The van der Waals surface area contributed by atoms with Crippen LogP contribution >= 0.6 is 11.3 Å². The number of nitrogens with one attached hydrogen (secondary N) is 3. The zero-order valence-corrected chi connectivity index (χ0v) is 48.0. The summed E-state index contributed by atoms with van der Waals surface area (Å²) in [5.41, 5.74) is 8.04. The van der Waals surface area contributed by atoms with Crippen LogP contribution < -0.4 is 20.9 Å². The lowest BCUT2D eigenvalue weighted by atomic mass is 9.85. The number of carbonyl (C=O) groups excluding carboxylic acids is 4. The van der Waals surface area contributed by atoms with E-state index >= 15 is 0 Å². The molecule has 24 heteroatoms. The van der Waals surface area contributed by atoms with E-state index in [4.69, 9.17) is 23.7 Å². The predicted molar refractivity (Wildman–Crippen MR) is 306 cm³/mol. The molecule has 2 aliphatic heterocycles. The summed E-state index contributed by atoms with van der Waals surface area (Å²) in [5.74, 6) is -0.989. The number of likely N-dealkylation sites (tertiary alicyclic amines) is 1. The molecule has 81 heavy (non-hydrogen) atoms. The monoisotopic (exact) mass is 1150 g/mol. The first-order chi connectivity index (χ1) is 38.9. The number of benzene rings is 3. The Morgan fingerprint density at radius 3 is 2.00 bits per heavy atom. The van der Waals surface area contributed by atoms with Crippen LogP contribution in [0.3, 0.4) is 0 Å². The van der Waals surface area contributed by atoms with Crippen LogP contribution in [-0.4, -0.2) is 190 Å². The second-order valence-corrected chi connectivity index (χ2v) is 23.7. The Balaban J connectivity index is 0.630. The molecule has 3 atom stereocenters. The number of piperazine rings is 1. The van der Waals surface area contributed by atoms with Gasteiger partial charge >= 0.3 is 0 Å². The van der Waals surface area contributed by atoms with Gasteiger partial charge in [0.15, 0.2) is 15.5 Å². The molecule has 2 saturated heterocycles. The van der Waals surface area contributed by atoms with Gasteiger partial charge in [-0.3, -0.25) is 19.2 Å². The zero-order chi connectivity index (χ0) is 57.5.